The van der Waals surface area contributed by atoms with Gasteiger partial charge in [-0.3, -0.25) is 9.36 Å². The summed E-state index contributed by atoms with van der Waals surface area (Å²) in [7, 11) is 3.06. The third-order valence-electron chi connectivity index (χ3n) is 5.51. The number of halogens is 2. The van der Waals surface area contributed by atoms with Crippen molar-refractivity contribution < 1.29 is 19.0 Å². The number of benzene rings is 2. The first-order chi connectivity index (χ1) is 16.8. The number of hydrogen-bond donors (Lipinski definition) is 0. The molecule has 1 aromatic heterocycles. The summed E-state index contributed by atoms with van der Waals surface area (Å²) in [5.41, 5.74) is 1.68. The molecule has 182 valence electrons. The smallest absolute Gasteiger partial charge is 0.338 e. The molecule has 0 aliphatic carbocycles. The Morgan fingerprint density at radius 2 is 1.91 bits per heavy atom. The van der Waals surface area contributed by atoms with E-state index in [9.17, 15) is 9.59 Å². The second-order valence-corrected chi connectivity index (χ2v) is 9.35. The van der Waals surface area contributed by atoms with Gasteiger partial charge in [-0.15, -0.1) is 0 Å². The number of methoxy groups -OCH3 is 2. The van der Waals surface area contributed by atoms with Crippen LogP contribution in [-0.4, -0.2) is 31.4 Å². The number of ether oxygens (including phenoxy) is 3. The Balaban J connectivity index is 1.99. The number of thiazole rings is 1. The fourth-order valence-corrected chi connectivity index (χ4v) is 5.30. The highest BCUT2D eigenvalue weighted by molar-refractivity contribution is 7.07. The third-order valence-corrected chi connectivity index (χ3v) is 7.32. The van der Waals surface area contributed by atoms with Crippen LogP contribution in [0.3, 0.4) is 0 Å². The molecule has 0 fully saturated rings. The quantitative estimate of drug-likeness (QED) is 0.446. The van der Waals surface area contributed by atoms with Gasteiger partial charge in [-0.25, -0.2) is 9.79 Å². The zero-order valence-electron chi connectivity index (χ0n) is 19.4. The molecule has 1 atom stereocenters. The van der Waals surface area contributed by atoms with Gasteiger partial charge in [0, 0.05) is 0 Å². The van der Waals surface area contributed by atoms with Crippen LogP contribution in [0.1, 0.15) is 31.0 Å². The number of carbonyl (C=O) groups excluding carboxylic acids is 1. The lowest BCUT2D eigenvalue weighted by Gasteiger charge is -2.25. The normalized spacial score (nSPS) is 15.5. The minimum Gasteiger partial charge on any atom is -0.493 e. The van der Waals surface area contributed by atoms with E-state index in [0.29, 0.717) is 47.7 Å². The Morgan fingerprint density at radius 3 is 2.60 bits per heavy atom. The molecular weight excluding hydrogens is 511 g/mol. The van der Waals surface area contributed by atoms with E-state index in [1.807, 2.05) is 0 Å². The number of rotatable bonds is 6. The zero-order valence-corrected chi connectivity index (χ0v) is 21.8. The molecule has 35 heavy (non-hydrogen) atoms. The predicted molar refractivity (Wildman–Crippen MR) is 136 cm³/mol. The zero-order chi connectivity index (χ0) is 25.3. The molecule has 2 aromatic carbocycles. The van der Waals surface area contributed by atoms with Crippen molar-refractivity contribution in [3.05, 3.63) is 88.5 Å². The minimum atomic E-state index is -0.776. The monoisotopic (exact) mass is 532 g/mol. The maximum atomic E-state index is 13.7. The number of esters is 1. The molecule has 10 heteroatoms. The van der Waals surface area contributed by atoms with Gasteiger partial charge in [0.25, 0.3) is 5.56 Å². The first kappa shape index (κ1) is 25.0. The van der Waals surface area contributed by atoms with Gasteiger partial charge in [-0.05, 0) is 49.2 Å². The molecule has 0 amide bonds. The maximum absolute atomic E-state index is 13.7. The summed E-state index contributed by atoms with van der Waals surface area (Å²) in [6, 6.07) is 9.69. The van der Waals surface area contributed by atoms with Gasteiger partial charge in [0.05, 0.1) is 52.7 Å². The molecule has 0 bridgehead atoms. The van der Waals surface area contributed by atoms with Crippen LogP contribution in [-0.2, 0) is 9.53 Å². The Bertz CT molecular complexity index is 1520. The fraction of sp³-hybridized carbons (Fsp3) is 0.240. The summed E-state index contributed by atoms with van der Waals surface area (Å²) in [6.07, 6.45) is 1.67. The van der Waals surface area contributed by atoms with Gasteiger partial charge in [0.15, 0.2) is 16.3 Å². The minimum absolute atomic E-state index is 0.186. The first-order valence-corrected chi connectivity index (χ1v) is 12.2. The SMILES string of the molecule is CCOC(=O)C1=C(C)N=c2s/c(=C/c3cccc(Cl)c3Cl)c(=O)n2[C@H]1c1ccc(OC)c(OC)c1. The second kappa shape index (κ2) is 10.3. The summed E-state index contributed by atoms with van der Waals surface area (Å²) >= 11 is 13.7. The average Bonchev–Trinajstić information content (AvgIpc) is 3.15. The molecule has 0 saturated carbocycles. The van der Waals surface area contributed by atoms with E-state index in [-0.39, 0.29) is 17.7 Å². The van der Waals surface area contributed by atoms with Gasteiger partial charge in [-0.1, -0.05) is 52.7 Å². The molecule has 3 aromatic rings. The average molecular weight is 533 g/mol. The van der Waals surface area contributed by atoms with Gasteiger partial charge >= 0.3 is 5.97 Å². The first-order valence-electron chi connectivity index (χ1n) is 10.7. The van der Waals surface area contributed by atoms with E-state index in [2.05, 4.69) is 4.99 Å². The van der Waals surface area contributed by atoms with Crippen molar-refractivity contribution in [3.8, 4) is 11.5 Å². The van der Waals surface area contributed by atoms with Crippen LogP contribution in [0.25, 0.3) is 6.08 Å². The Morgan fingerprint density at radius 1 is 1.17 bits per heavy atom. The van der Waals surface area contributed by atoms with Crippen LogP contribution in [0.5, 0.6) is 11.5 Å². The molecule has 0 radical (unpaired) electrons. The largest absolute Gasteiger partial charge is 0.493 e. The van der Waals surface area contributed by atoms with Gasteiger partial charge in [0.1, 0.15) is 0 Å². The highest BCUT2D eigenvalue weighted by atomic mass is 35.5. The van der Waals surface area contributed by atoms with E-state index in [0.717, 1.165) is 0 Å². The second-order valence-electron chi connectivity index (χ2n) is 7.56. The van der Waals surface area contributed by atoms with Crippen molar-refractivity contribution in [2.75, 3.05) is 20.8 Å². The Hall–Kier alpha value is -3.07. The third kappa shape index (κ3) is 4.61. The number of hydrogen-bond acceptors (Lipinski definition) is 7. The van der Waals surface area contributed by atoms with Crippen molar-refractivity contribution in [2.45, 2.75) is 19.9 Å². The summed E-state index contributed by atoms with van der Waals surface area (Å²) in [6.45, 7) is 3.64. The lowest BCUT2D eigenvalue weighted by atomic mass is 9.95. The molecule has 7 nitrogen and oxygen atoms in total. The molecule has 2 heterocycles. The van der Waals surface area contributed by atoms with Crippen molar-refractivity contribution in [3.63, 3.8) is 0 Å². The summed E-state index contributed by atoms with van der Waals surface area (Å²) in [5, 5.41) is 0.733. The molecule has 0 unspecified atom stereocenters. The topological polar surface area (TPSA) is 79.1 Å². The van der Waals surface area contributed by atoms with Crippen molar-refractivity contribution >= 4 is 46.6 Å². The molecule has 1 aliphatic heterocycles. The molecular formula is C25H22Cl2N2O5S. The number of fused-ring (bicyclic) bond motifs is 1. The number of carbonyl (C=O) groups is 1. The van der Waals surface area contributed by atoms with Crippen LogP contribution in [0.4, 0.5) is 0 Å². The Labute approximate surface area is 215 Å². The summed E-state index contributed by atoms with van der Waals surface area (Å²) in [5.74, 6) is 0.453. The lowest BCUT2D eigenvalue weighted by molar-refractivity contribution is -0.139. The molecule has 0 N–H and O–H groups in total. The van der Waals surface area contributed by atoms with Crippen LogP contribution in [0.15, 0.2) is 57.5 Å². The van der Waals surface area contributed by atoms with E-state index >= 15 is 0 Å². The van der Waals surface area contributed by atoms with E-state index in [4.69, 9.17) is 37.4 Å². The van der Waals surface area contributed by atoms with Crippen LogP contribution < -0.4 is 24.4 Å². The number of nitrogens with zero attached hydrogens (tertiary/aromatic N) is 2. The molecule has 0 saturated heterocycles. The lowest BCUT2D eigenvalue weighted by Crippen LogP contribution is -2.40. The fourth-order valence-electron chi connectivity index (χ4n) is 3.90. The maximum Gasteiger partial charge on any atom is 0.338 e. The van der Waals surface area contributed by atoms with Crippen molar-refractivity contribution in [1.29, 1.82) is 0 Å². The highest BCUT2D eigenvalue weighted by Gasteiger charge is 2.34. The number of allylic oxidation sites excluding steroid dienone is 1. The molecule has 4 rings (SSSR count). The van der Waals surface area contributed by atoms with Crippen LogP contribution in [0.2, 0.25) is 10.0 Å². The molecule has 1 aliphatic rings. The highest BCUT2D eigenvalue weighted by Crippen LogP contribution is 2.36. The summed E-state index contributed by atoms with van der Waals surface area (Å²) in [4.78, 5) is 31.7. The Kier molecular flexibility index (Phi) is 7.35. The van der Waals surface area contributed by atoms with E-state index in [1.165, 1.54) is 30.1 Å². The van der Waals surface area contributed by atoms with Crippen LogP contribution in [0, 0.1) is 0 Å². The van der Waals surface area contributed by atoms with Crippen molar-refractivity contribution in [2.24, 2.45) is 4.99 Å². The van der Waals surface area contributed by atoms with Crippen molar-refractivity contribution in [1.82, 2.24) is 4.57 Å². The summed E-state index contributed by atoms with van der Waals surface area (Å²) < 4.78 is 18.0. The van der Waals surface area contributed by atoms with Crippen LogP contribution >= 0.6 is 34.5 Å². The number of aromatic nitrogens is 1. The van der Waals surface area contributed by atoms with Gasteiger partial charge in [0.2, 0.25) is 0 Å². The van der Waals surface area contributed by atoms with E-state index < -0.39 is 12.0 Å². The van der Waals surface area contributed by atoms with E-state index in [1.54, 1.807) is 56.3 Å². The van der Waals surface area contributed by atoms with Gasteiger partial charge in [-0.2, -0.15) is 0 Å². The standard InChI is InChI=1S/C25H22Cl2N2O5S/c1-5-34-24(31)20-13(2)28-25-29(22(20)15-9-10-17(32-3)18(11-15)33-4)23(30)19(35-25)12-14-7-6-8-16(26)21(14)27/h6-12,22H,5H2,1-4H3/b19-12+/t22-/m0/s1. The predicted octanol–water partition coefficient (Wildman–Crippen LogP) is 4.12. The molecule has 0 spiro atoms. The van der Waals surface area contributed by atoms with Gasteiger partial charge < -0.3 is 14.2 Å².